The van der Waals surface area contributed by atoms with Crippen LogP contribution in [0, 0.1) is 5.41 Å². The van der Waals surface area contributed by atoms with Crippen LogP contribution in [0.4, 0.5) is 0 Å². The zero-order valence-electron chi connectivity index (χ0n) is 15.6. The standard InChI is InChI=1S/C22H24N2O2/c1-15-18-13-9-8-12-17(18)14-19(24-23-15)20(22(2,3)4)26-21(25)16-10-6-5-7-11-16/h5-15,20H,1-4H3/t15-,20-/m0/s1. The highest BCUT2D eigenvalue weighted by atomic mass is 16.5. The Bertz CT molecular complexity index is 848. The van der Waals surface area contributed by atoms with E-state index in [0.29, 0.717) is 11.3 Å². The molecule has 1 heterocycles. The molecule has 0 saturated carbocycles. The van der Waals surface area contributed by atoms with Crippen LogP contribution in [-0.4, -0.2) is 12.1 Å². The van der Waals surface area contributed by atoms with Crippen molar-refractivity contribution in [3.05, 3.63) is 77.0 Å². The number of benzene rings is 2. The summed E-state index contributed by atoms with van der Waals surface area (Å²) in [7, 11) is 0. The SMILES string of the molecule is C[C@@H]1N=NC([C@H](OC(=O)c2ccccc2)C(C)(C)C)=Cc2ccccc21. The summed E-state index contributed by atoms with van der Waals surface area (Å²) in [4.78, 5) is 12.6. The molecule has 0 aromatic heterocycles. The number of fused-ring (bicyclic) bond motifs is 1. The number of azo groups is 1. The lowest BCUT2D eigenvalue weighted by atomic mass is 9.86. The van der Waals surface area contributed by atoms with Gasteiger partial charge >= 0.3 is 5.97 Å². The molecule has 4 heteroatoms. The first-order valence-corrected chi connectivity index (χ1v) is 8.83. The summed E-state index contributed by atoms with van der Waals surface area (Å²) in [5.41, 5.74) is 3.05. The molecule has 26 heavy (non-hydrogen) atoms. The summed E-state index contributed by atoms with van der Waals surface area (Å²) < 4.78 is 5.89. The molecule has 0 aliphatic carbocycles. The summed E-state index contributed by atoms with van der Waals surface area (Å²) >= 11 is 0. The normalized spacial score (nSPS) is 17.7. The Balaban J connectivity index is 1.97. The molecule has 0 amide bonds. The largest absolute Gasteiger partial charge is 0.452 e. The number of carbonyl (C=O) groups excluding carboxylic acids is 1. The molecule has 0 radical (unpaired) electrons. The first-order chi connectivity index (χ1) is 12.4. The van der Waals surface area contributed by atoms with Crippen LogP contribution < -0.4 is 0 Å². The van der Waals surface area contributed by atoms with E-state index in [1.54, 1.807) is 12.1 Å². The predicted molar refractivity (Wildman–Crippen MR) is 103 cm³/mol. The van der Waals surface area contributed by atoms with Crippen molar-refractivity contribution in [3.63, 3.8) is 0 Å². The first kappa shape index (κ1) is 18.1. The molecule has 2 aromatic carbocycles. The van der Waals surface area contributed by atoms with Crippen molar-refractivity contribution < 1.29 is 9.53 Å². The Labute approximate surface area is 154 Å². The number of esters is 1. The van der Waals surface area contributed by atoms with E-state index in [4.69, 9.17) is 4.74 Å². The Morgan fingerprint density at radius 2 is 1.69 bits per heavy atom. The molecular formula is C22H24N2O2. The topological polar surface area (TPSA) is 51.0 Å². The van der Waals surface area contributed by atoms with Crippen molar-refractivity contribution in [3.8, 4) is 0 Å². The van der Waals surface area contributed by atoms with Crippen LogP contribution >= 0.6 is 0 Å². The fraction of sp³-hybridized carbons (Fsp3) is 0.318. The summed E-state index contributed by atoms with van der Waals surface area (Å²) in [6, 6.07) is 17.1. The van der Waals surface area contributed by atoms with Gasteiger partial charge in [0.1, 0.15) is 5.70 Å². The molecule has 0 unspecified atom stereocenters. The average molecular weight is 348 g/mol. The third-order valence-electron chi connectivity index (χ3n) is 4.39. The smallest absolute Gasteiger partial charge is 0.338 e. The van der Waals surface area contributed by atoms with Crippen LogP contribution in [0.5, 0.6) is 0 Å². The summed E-state index contributed by atoms with van der Waals surface area (Å²) in [6.45, 7) is 8.12. The fourth-order valence-electron chi connectivity index (χ4n) is 2.98. The molecule has 4 nitrogen and oxygen atoms in total. The average Bonchev–Trinajstić information content (AvgIpc) is 2.78. The van der Waals surface area contributed by atoms with Gasteiger partial charge in [0.05, 0.1) is 11.6 Å². The lowest BCUT2D eigenvalue weighted by Crippen LogP contribution is -2.33. The molecular weight excluding hydrogens is 324 g/mol. The van der Waals surface area contributed by atoms with Gasteiger partial charge in [-0.2, -0.15) is 10.2 Å². The predicted octanol–water partition coefficient (Wildman–Crippen LogP) is 5.83. The minimum absolute atomic E-state index is 0.0367. The van der Waals surface area contributed by atoms with Crippen molar-refractivity contribution in [1.82, 2.24) is 0 Å². The molecule has 134 valence electrons. The van der Waals surface area contributed by atoms with Crippen molar-refractivity contribution >= 4 is 12.0 Å². The molecule has 1 aliphatic rings. The third kappa shape index (κ3) is 3.90. The van der Waals surface area contributed by atoms with Gasteiger partial charge in [-0.3, -0.25) is 0 Å². The molecule has 0 spiro atoms. The Kier molecular flexibility index (Phi) is 5.03. The quantitative estimate of drug-likeness (QED) is 0.656. The summed E-state index contributed by atoms with van der Waals surface area (Å²) in [5, 5.41) is 8.87. The monoisotopic (exact) mass is 348 g/mol. The summed E-state index contributed by atoms with van der Waals surface area (Å²) in [5.74, 6) is -0.354. The second kappa shape index (κ2) is 7.24. The van der Waals surface area contributed by atoms with Crippen LogP contribution in [0.3, 0.4) is 0 Å². The van der Waals surface area contributed by atoms with Crippen molar-refractivity contribution in [1.29, 1.82) is 0 Å². The minimum Gasteiger partial charge on any atom is -0.452 e. The highest BCUT2D eigenvalue weighted by molar-refractivity contribution is 5.89. The Morgan fingerprint density at radius 1 is 1.04 bits per heavy atom. The van der Waals surface area contributed by atoms with Gasteiger partial charge in [-0.05, 0) is 36.3 Å². The molecule has 3 rings (SSSR count). The summed E-state index contributed by atoms with van der Waals surface area (Å²) in [6.07, 6.45) is 1.48. The minimum atomic E-state index is -0.502. The number of nitrogens with zero attached hydrogens (tertiary/aromatic N) is 2. The van der Waals surface area contributed by atoms with Gasteiger partial charge in [0.15, 0.2) is 6.10 Å². The van der Waals surface area contributed by atoms with E-state index in [1.165, 1.54) is 0 Å². The second-order valence-corrected chi connectivity index (χ2v) is 7.61. The van der Waals surface area contributed by atoms with Crippen molar-refractivity contribution in [2.45, 2.75) is 39.8 Å². The van der Waals surface area contributed by atoms with E-state index in [-0.39, 0.29) is 17.4 Å². The van der Waals surface area contributed by atoms with E-state index < -0.39 is 6.10 Å². The number of hydrogen-bond donors (Lipinski definition) is 0. The van der Waals surface area contributed by atoms with E-state index in [2.05, 4.69) is 16.3 Å². The lowest BCUT2D eigenvalue weighted by molar-refractivity contribution is 0.0107. The second-order valence-electron chi connectivity index (χ2n) is 7.61. The molecule has 2 atom stereocenters. The molecule has 2 aromatic rings. The molecule has 0 bridgehead atoms. The van der Waals surface area contributed by atoms with Crippen LogP contribution in [0.2, 0.25) is 0 Å². The van der Waals surface area contributed by atoms with Crippen LogP contribution in [0.15, 0.2) is 70.5 Å². The van der Waals surface area contributed by atoms with Gasteiger partial charge in [0.25, 0.3) is 0 Å². The number of rotatable bonds is 3. The molecule has 0 saturated heterocycles. The third-order valence-corrected chi connectivity index (χ3v) is 4.39. The molecule has 0 N–H and O–H groups in total. The van der Waals surface area contributed by atoms with Gasteiger partial charge < -0.3 is 4.74 Å². The van der Waals surface area contributed by atoms with Crippen molar-refractivity contribution in [2.75, 3.05) is 0 Å². The fourth-order valence-corrected chi connectivity index (χ4v) is 2.98. The zero-order valence-corrected chi connectivity index (χ0v) is 15.6. The van der Waals surface area contributed by atoms with Gasteiger partial charge in [-0.25, -0.2) is 4.79 Å². The molecule has 0 fully saturated rings. The van der Waals surface area contributed by atoms with Crippen LogP contribution in [0.1, 0.15) is 55.2 Å². The number of ether oxygens (including phenoxy) is 1. The zero-order chi connectivity index (χ0) is 18.7. The lowest BCUT2D eigenvalue weighted by Gasteiger charge is -2.30. The van der Waals surface area contributed by atoms with E-state index in [0.717, 1.165) is 11.1 Å². The highest BCUT2D eigenvalue weighted by Crippen LogP contribution is 2.35. The Morgan fingerprint density at radius 3 is 2.38 bits per heavy atom. The van der Waals surface area contributed by atoms with Crippen molar-refractivity contribution in [2.24, 2.45) is 15.6 Å². The number of carbonyl (C=O) groups is 1. The molecule has 1 aliphatic heterocycles. The van der Waals surface area contributed by atoms with Crippen LogP contribution in [0.25, 0.3) is 6.08 Å². The van der Waals surface area contributed by atoms with Gasteiger partial charge in [-0.1, -0.05) is 63.2 Å². The Hall–Kier alpha value is -2.75. The maximum Gasteiger partial charge on any atom is 0.338 e. The van der Waals surface area contributed by atoms with E-state index >= 15 is 0 Å². The van der Waals surface area contributed by atoms with E-state index in [1.807, 2.05) is 70.2 Å². The highest BCUT2D eigenvalue weighted by Gasteiger charge is 2.33. The maximum atomic E-state index is 12.6. The van der Waals surface area contributed by atoms with Crippen LogP contribution in [-0.2, 0) is 4.74 Å². The van der Waals surface area contributed by atoms with Gasteiger partial charge in [0, 0.05) is 5.41 Å². The maximum absolute atomic E-state index is 12.6. The van der Waals surface area contributed by atoms with Gasteiger partial charge in [-0.15, -0.1) is 0 Å². The first-order valence-electron chi connectivity index (χ1n) is 8.83. The number of hydrogen-bond acceptors (Lipinski definition) is 4. The van der Waals surface area contributed by atoms with Gasteiger partial charge in [0.2, 0.25) is 0 Å². The van der Waals surface area contributed by atoms with E-state index in [9.17, 15) is 4.79 Å².